The summed E-state index contributed by atoms with van der Waals surface area (Å²) < 4.78 is 0.757. The highest BCUT2D eigenvalue weighted by molar-refractivity contribution is 9.10. The van der Waals surface area contributed by atoms with E-state index in [0.29, 0.717) is 11.1 Å². The van der Waals surface area contributed by atoms with Gasteiger partial charge in [-0.2, -0.15) is 11.8 Å². The van der Waals surface area contributed by atoms with E-state index >= 15 is 0 Å². The molecule has 1 aromatic carbocycles. The second-order valence-electron chi connectivity index (χ2n) is 5.66. The minimum Gasteiger partial charge on any atom is -0.353 e. The molecule has 1 saturated heterocycles. The highest BCUT2D eigenvalue weighted by Crippen LogP contribution is 2.26. The second-order valence-corrected chi connectivity index (χ2v) is 7.80. The van der Waals surface area contributed by atoms with Crippen LogP contribution >= 0.6 is 27.7 Å². The van der Waals surface area contributed by atoms with Crippen LogP contribution in [0.5, 0.6) is 0 Å². The zero-order valence-electron chi connectivity index (χ0n) is 12.5. The van der Waals surface area contributed by atoms with Crippen LogP contribution in [0.3, 0.4) is 0 Å². The Hall–Kier alpha value is -1.34. The number of rotatable bonds is 4. The summed E-state index contributed by atoms with van der Waals surface area (Å²) >= 11 is 5.20. The smallest absolute Gasteiger partial charge is 0.261 e. The van der Waals surface area contributed by atoms with Crippen molar-refractivity contribution >= 4 is 45.4 Å². The van der Waals surface area contributed by atoms with Gasteiger partial charge in [0.15, 0.2) is 0 Å². The van der Waals surface area contributed by atoms with Gasteiger partial charge in [0, 0.05) is 23.5 Å². The van der Waals surface area contributed by atoms with Crippen LogP contribution in [-0.2, 0) is 4.79 Å². The van der Waals surface area contributed by atoms with Gasteiger partial charge in [-0.25, -0.2) is 0 Å². The van der Waals surface area contributed by atoms with E-state index in [0.717, 1.165) is 33.7 Å². The van der Waals surface area contributed by atoms with Gasteiger partial charge in [0.2, 0.25) is 5.91 Å². The van der Waals surface area contributed by atoms with Crippen molar-refractivity contribution in [1.82, 2.24) is 10.2 Å². The standard InChI is InChI=1S/C16H17BrN2O3S/c17-10-1-2-12-13(9-10)16(22)19(15(12)21)6-3-14(20)18-11-4-7-23-8-5-11/h1-2,9,11H,3-8H2,(H,18,20). The maximum Gasteiger partial charge on any atom is 0.261 e. The third-order valence-corrected chi connectivity index (χ3v) is 5.62. The first-order valence-electron chi connectivity index (χ1n) is 7.59. The van der Waals surface area contributed by atoms with Gasteiger partial charge in [-0.3, -0.25) is 19.3 Å². The Balaban J connectivity index is 1.57. The summed E-state index contributed by atoms with van der Waals surface area (Å²) in [5.74, 6) is 1.39. The van der Waals surface area contributed by atoms with Gasteiger partial charge in [0.1, 0.15) is 0 Å². The molecule has 0 aliphatic carbocycles. The molecule has 0 unspecified atom stereocenters. The lowest BCUT2D eigenvalue weighted by atomic mass is 10.1. The van der Waals surface area contributed by atoms with E-state index in [2.05, 4.69) is 21.2 Å². The molecule has 2 aliphatic rings. The molecule has 0 aromatic heterocycles. The quantitative estimate of drug-likeness (QED) is 0.793. The maximum absolute atomic E-state index is 12.3. The summed E-state index contributed by atoms with van der Waals surface area (Å²) in [5.41, 5.74) is 0.803. The number of benzene rings is 1. The number of carbonyl (C=O) groups excluding carboxylic acids is 3. The molecular weight excluding hydrogens is 380 g/mol. The largest absolute Gasteiger partial charge is 0.353 e. The van der Waals surface area contributed by atoms with Crippen molar-refractivity contribution in [3.8, 4) is 0 Å². The van der Waals surface area contributed by atoms with Gasteiger partial charge in [0.25, 0.3) is 11.8 Å². The fourth-order valence-electron chi connectivity index (χ4n) is 2.82. The molecule has 3 amide bonds. The summed E-state index contributed by atoms with van der Waals surface area (Å²) in [5, 5.41) is 2.99. The molecule has 1 N–H and O–H groups in total. The average Bonchev–Trinajstić information content (AvgIpc) is 2.77. The van der Waals surface area contributed by atoms with Gasteiger partial charge in [-0.1, -0.05) is 15.9 Å². The molecule has 7 heteroatoms. The monoisotopic (exact) mass is 396 g/mol. The van der Waals surface area contributed by atoms with Gasteiger partial charge in [-0.05, 0) is 42.5 Å². The number of hydrogen-bond acceptors (Lipinski definition) is 4. The zero-order valence-corrected chi connectivity index (χ0v) is 14.9. The van der Waals surface area contributed by atoms with E-state index in [1.54, 1.807) is 18.2 Å². The Morgan fingerprint density at radius 1 is 1.22 bits per heavy atom. The molecule has 0 spiro atoms. The summed E-state index contributed by atoms with van der Waals surface area (Å²) in [6.07, 6.45) is 2.12. The van der Waals surface area contributed by atoms with E-state index < -0.39 is 0 Å². The van der Waals surface area contributed by atoms with E-state index in [-0.39, 0.29) is 36.7 Å². The Morgan fingerprint density at radius 2 is 1.91 bits per heavy atom. The first-order chi connectivity index (χ1) is 11.1. The van der Waals surface area contributed by atoms with Crippen LogP contribution in [0.25, 0.3) is 0 Å². The molecule has 0 saturated carbocycles. The van der Waals surface area contributed by atoms with Crippen LogP contribution in [-0.4, -0.2) is 46.7 Å². The highest BCUT2D eigenvalue weighted by atomic mass is 79.9. The number of fused-ring (bicyclic) bond motifs is 1. The number of nitrogens with one attached hydrogen (secondary N) is 1. The molecular formula is C16H17BrN2O3S. The molecule has 3 rings (SSSR count). The van der Waals surface area contributed by atoms with Crippen molar-refractivity contribution in [2.75, 3.05) is 18.1 Å². The van der Waals surface area contributed by atoms with E-state index in [4.69, 9.17) is 0 Å². The number of halogens is 1. The topological polar surface area (TPSA) is 66.5 Å². The predicted molar refractivity (Wildman–Crippen MR) is 92.6 cm³/mol. The molecule has 1 aromatic rings. The van der Waals surface area contributed by atoms with Crippen molar-refractivity contribution in [3.63, 3.8) is 0 Å². The number of thioether (sulfide) groups is 1. The predicted octanol–water partition coefficient (Wildman–Crippen LogP) is 2.45. The average molecular weight is 397 g/mol. The Bertz CT molecular complexity index is 659. The van der Waals surface area contributed by atoms with Gasteiger partial charge in [0.05, 0.1) is 11.1 Å². The van der Waals surface area contributed by atoms with Crippen LogP contribution in [0.15, 0.2) is 22.7 Å². The number of amides is 3. The van der Waals surface area contributed by atoms with Crippen LogP contribution in [0.1, 0.15) is 40.0 Å². The zero-order chi connectivity index (χ0) is 16.4. The van der Waals surface area contributed by atoms with Crippen LogP contribution in [0.4, 0.5) is 0 Å². The lowest BCUT2D eigenvalue weighted by Crippen LogP contribution is -2.40. The minimum atomic E-state index is -0.326. The van der Waals surface area contributed by atoms with Crippen molar-refractivity contribution in [1.29, 1.82) is 0 Å². The number of hydrogen-bond donors (Lipinski definition) is 1. The van der Waals surface area contributed by atoms with Gasteiger partial charge >= 0.3 is 0 Å². The summed E-state index contributed by atoms with van der Waals surface area (Å²) in [7, 11) is 0. The SMILES string of the molecule is O=C(CCN1C(=O)c2ccc(Br)cc2C1=O)NC1CCSCC1. The molecule has 0 radical (unpaired) electrons. The molecule has 1 fully saturated rings. The van der Waals surface area contributed by atoms with Crippen molar-refractivity contribution in [2.24, 2.45) is 0 Å². The highest BCUT2D eigenvalue weighted by Gasteiger charge is 2.35. The summed E-state index contributed by atoms with van der Waals surface area (Å²) in [6, 6.07) is 5.25. The van der Waals surface area contributed by atoms with E-state index in [1.807, 2.05) is 11.8 Å². The van der Waals surface area contributed by atoms with Gasteiger partial charge in [-0.15, -0.1) is 0 Å². The van der Waals surface area contributed by atoms with Crippen molar-refractivity contribution in [2.45, 2.75) is 25.3 Å². The lowest BCUT2D eigenvalue weighted by molar-refractivity contribution is -0.121. The number of nitrogens with zero attached hydrogens (tertiary/aromatic N) is 1. The second kappa shape index (κ2) is 7.05. The number of carbonyl (C=O) groups is 3. The Morgan fingerprint density at radius 3 is 2.65 bits per heavy atom. The molecule has 2 aliphatic heterocycles. The third-order valence-electron chi connectivity index (χ3n) is 4.08. The van der Waals surface area contributed by atoms with E-state index in [9.17, 15) is 14.4 Å². The third kappa shape index (κ3) is 3.61. The normalized spacial score (nSPS) is 18.2. The van der Waals surface area contributed by atoms with Crippen LogP contribution in [0.2, 0.25) is 0 Å². The first-order valence-corrected chi connectivity index (χ1v) is 9.54. The maximum atomic E-state index is 12.3. The fourth-order valence-corrected chi connectivity index (χ4v) is 4.29. The van der Waals surface area contributed by atoms with Crippen molar-refractivity contribution in [3.05, 3.63) is 33.8 Å². The minimum absolute atomic E-state index is 0.0976. The fraction of sp³-hybridized carbons (Fsp3) is 0.438. The van der Waals surface area contributed by atoms with Crippen molar-refractivity contribution < 1.29 is 14.4 Å². The van der Waals surface area contributed by atoms with Gasteiger partial charge < -0.3 is 5.32 Å². The lowest BCUT2D eigenvalue weighted by Gasteiger charge is -2.23. The molecule has 2 heterocycles. The summed E-state index contributed by atoms with van der Waals surface area (Å²) in [6.45, 7) is 0.122. The molecule has 23 heavy (non-hydrogen) atoms. The van der Waals surface area contributed by atoms with Crippen LogP contribution < -0.4 is 5.32 Å². The Kier molecular flexibility index (Phi) is 5.06. The molecule has 0 atom stereocenters. The van der Waals surface area contributed by atoms with E-state index in [1.165, 1.54) is 0 Å². The van der Waals surface area contributed by atoms with Crippen LogP contribution in [0, 0.1) is 0 Å². The number of imide groups is 1. The Labute approximate surface area is 147 Å². The molecule has 5 nitrogen and oxygen atoms in total. The molecule has 0 bridgehead atoms. The first kappa shape index (κ1) is 16.5. The summed E-state index contributed by atoms with van der Waals surface area (Å²) in [4.78, 5) is 37.8. The molecule has 122 valence electrons.